The number of nitrogens with one attached hydrogen (secondary N) is 2. The minimum absolute atomic E-state index is 0.0293. The van der Waals surface area contributed by atoms with Crippen LogP contribution < -0.4 is 20.4 Å². The first kappa shape index (κ1) is 23.0. The summed E-state index contributed by atoms with van der Waals surface area (Å²) >= 11 is 0. The molecule has 4 heterocycles. The van der Waals surface area contributed by atoms with E-state index in [1.807, 2.05) is 12.1 Å². The molecule has 1 spiro atoms. The molecule has 0 radical (unpaired) electrons. The van der Waals surface area contributed by atoms with Crippen LogP contribution in [0.3, 0.4) is 0 Å². The molecule has 3 aliphatic heterocycles. The van der Waals surface area contributed by atoms with Crippen LogP contribution in [0.4, 0.5) is 16.2 Å². The van der Waals surface area contributed by atoms with E-state index >= 15 is 0 Å². The second-order valence-corrected chi connectivity index (χ2v) is 10.5. The summed E-state index contributed by atoms with van der Waals surface area (Å²) in [6.07, 6.45) is 3.17. The Labute approximate surface area is 201 Å². The van der Waals surface area contributed by atoms with Crippen LogP contribution in [0.15, 0.2) is 24.3 Å². The van der Waals surface area contributed by atoms with E-state index in [4.69, 9.17) is 9.97 Å². The van der Waals surface area contributed by atoms with Crippen LogP contribution in [0, 0.1) is 17.2 Å². The summed E-state index contributed by atoms with van der Waals surface area (Å²) in [6, 6.07) is 6.91. The molecule has 3 aliphatic rings. The number of hydrogen-bond donors (Lipinski definition) is 2. The summed E-state index contributed by atoms with van der Waals surface area (Å²) in [7, 11) is 1.68. The van der Waals surface area contributed by atoms with Crippen LogP contribution in [-0.4, -0.2) is 61.7 Å². The van der Waals surface area contributed by atoms with E-state index in [0.29, 0.717) is 35.0 Å². The number of hydrogen-bond acceptors (Lipinski definition) is 6. The third-order valence-corrected chi connectivity index (χ3v) is 7.58. The van der Waals surface area contributed by atoms with Crippen molar-refractivity contribution in [2.75, 3.05) is 49.6 Å². The fourth-order valence-corrected chi connectivity index (χ4v) is 5.69. The van der Waals surface area contributed by atoms with E-state index in [-0.39, 0.29) is 17.8 Å². The number of benzene rings is 1. The van der Waals surface area contributed by atoms with Gasteiger partial charge in [0.25, 0.3) is 0 Å². The molecule has 2 saturated heterocycles. The third kappa shape index (κ3) is 4.24. The van der Waals surface area contributed by atoms with Gasteiger partial charge in [-0.3, -0.25) is 4.79 Å². The third-order valence-electron chi connectivity index (χ3n) is 7.58. The summed E-state index contributed by atoms with van der Waals surface area (Å²) in [5.74, 6) is 1.75. The van der Waals surface area contributed by atoms with E-state index in [9.17, 15) is 9.18 Å². The molecule has 0 bridgehead atoms. The molecular formula is C26H35FN6O. The minimum Gasteiger partial charge on any atom is -0.359 e. The lowest BCUT2D eigenvalue weighted by atomic mass is 9.81. The lowest BCUT2D eigenvalue weighted by Crippen LogP contribution is -2.54. The Kier molecular flexibility index (Phi) is 6.18. The molecule has 34 heavy (non-hydrogen) atoms. The lowest BCUT2D eigenvalue weighted by molar-refractivity contribution is -0.121. The number of carbonyl (C=O) groups excluding carboxylic acids is 1. The number of amides is 1. The molecule has 182 valence electrons. The van der Waals surface area contributed by atoms with Crippen molar-refractivity contribution < 1.29 is 9.18 Å². The Morgan fingerprint density at radius 1 is 1.24 bits per heavy atom. The first-order valence-corrected chi connectivity index (χ1v) is 12.5. The second-order valence-electron chi connectivity index (χ2n) is 10.5. The second kappa shape index (κ2) is 9.13. The van der Waals surface area contributed by atoms with Gasteiger partial charge in [0.05, 0.1) is 5.69 Å². The fourth-order valence-electron chi connectivity index (χ4n) is 5.69. The monoisotopic (exact) mass is 466 g/mol. The van der Waals surface area contributed by atoms with E-state index in [1.54, 1.807) is 13.1 Å². The van der Waals surface area contributed by atoms with Gasteiger partial charge in [0, 0.05) is 68.8 Å². The highest BCUT2D eigenvalue weighted by atomic mass is 19.1. The molecule has 2 fully saturated rings. The Hall–Kier alpha value is -2.74. The first-order chi connectivity index (χ1) is 16.4. The predicted octanol–water partition coefficient (Wildman–Crippen LogP) is 3.00. The standard InChI is InChI=1S/C26H35FN6O/c1-17(2)12-18(13-22(34)28-3)33-10-8-20-23(19-6-4-5-7-21(19)27)30-25(31-24(20)33)32-11-9-26(16-32)14-29-15-26/h4-7,17-18,29H,8-16H2,1-3H3,(H,28,34)/t18-/m0/s1. The van der Waals surface area contributed by atoms with Gasteiger partial charge in [-0.2, -0.15) is 4.98 Å². The van der Waals surface area contributed by atoms with Gasteiger partial charge in [-0.1, -0.05) is 26.0 Å². The molecule has 5 rings (SSSR count). The van der Waals surface area contributed by atoms with Gasteiger partial charge >= 0.3 is 0 Å². The summed E-state index contributed by atoms with van der Waals surface area (Å²) in [4.78, 5) is 26.9. The van der Waals surface area contributed by atoms with Crippen molar-refractivity contribution in [3.8, 4) is 11.3 Å². The average molecular weight is 467 g/mol. The van der Waals surface area contributed by atoms with E-state index < -0.39 is 0 Å². The number of carbonyl (C=O) groups is 1. The van der Waals surface area contributed by atoms with Gasteiger partial charge in [0.2, 0.25) is 11.9 Å². The number of anilines is 2. The molecule has 1 aromatic heterocycles. The van der Waals surface area contributed by atoms with Gasteiger partial charge < -0.3 is 20.4 Å². The van der Waals surface area contributed by atoms with Crippen LogP contribution in [-0.2, 0) is 11.2 Å². The molecule has 2 N–H and O–H groups in total. The molecule has 1 aromatic carbocycles. The highest BCUT2D eigenvalue weighted by Gasteiger charge is 2.44. The van der Waals surface area contributed by atoms with Gasteiger partial charge in [0.1, 0.15) is 11.6 Å². The largest absolute Gasteiger partial charge is 0.359 e. The van der Waals surface area contributed by atoms with Crippen molar-refractivity contribution in [2.24, 2.45) is 11.3 Å². The Bertz CT molecular complexity index is 1070. The van der Waals surface area contributed by atoms with Gasteiger partial charge in [-0.05, 0) is 37.3 Å². The van der Waals surface area contributed by atoms with E-state index in [1.165, 1.54) is 6.07 Å². The molecule has 8 heteroatoms. The highest BCUT2D eigenvalue weighted by molar-refractivity contribution is 5.78. The SMILES string of the molecule is CNC(=O)C[C@H](CC(C)C)N1CCc2c(-c3ccccc3F)nc(N3CCC4(CNC4)C3)nc21. The smallest absolute Gasteiger partial charge is 0.227 e. The predicted molar refractivity (Wildman–Crippen MR) is 133 cm³/mol. The zero-order valence-corrected chi connectivity index (χ0v) is 20.4. The number of halogens is 1. The maximum atomic E-state index is 14.9. The van der Waals surface area contributed by atoms with Crippen LogP contribution >= 0.6 is 0 Å². The molecule has 2 aromatic rings. The van der Waals surface area contributed by atoms with Crippen molar-refractivity contribution in [1.82, 2.24) is 20.6 Å². The Morgan fingerprint density at radius 2 is 2.03 bits per heavy atom. The maximum Gasteiger partial charge on any atom is 0.227 e. The molecule has 0 aliphatic carbocycles. The zero-order chi connectivity index (χ0) is 23.9. The highest BCUT2D eigenvalue weighted by Crippen LogP contribution is 2.41. The number of rotatable bonds is 7. The van der Waals surface area contributed by atoms with E-state index in [0.717, 1.165) is 63.4 Å². The van der Waals surface area contributed by atoms with Gasteiger partial charge in [0.15, 0.2) is 0 Å². The minimum atomic E-state index is -0.266. The van der Waals surface area contributed by atoms with Gasteiger partial charge in [-0.15, -0.1) is 0 Å². The van der Waals surface area contributed by atoms with Crippen molar-refractivity contribution in [2.45, 2.75) is 45.6 Å². The Morgan fingerprint density at radius 3 is 2.68 bits per heavy atom. The number of fused-ring (bicyclic) bond motifs is 1. The normalized spacial score (nSPS) is 19.4. The quantitative estimate of drug-likeness (QED) is 0.654. The summed E-state index contributed by atoms with van der Waals surface area (Å²) in [5, 5.41) is 6.18. The van der Waals surface area contributed by atoms with Crippen molar-refractivity contribution in [3.63, 3.8) is 0 Å². The fraction of sp³-hybridized carbons (Fsp3) is 0.577. The van der Waals surface area contributed by atoms with Crippen molar-refractivity contribution in [3.05, 3.63) is 35.6 Å². The summed E-state index contributed by atoms with van der Waals surface area (Å²) in [6.45, 7) is 9.01. The molecular weight excluding hydrogens is 431 g/mol. The molecule has 1 amide bonds. The zero-order valence-electron chi connectivity index (χ0n) is 20.4. The van der Waals surface area contributed by atoms with Crippen LogP contribution in [0.25, 0.3) is 11.3 Å². The van der Waals surface area contributed by atoms with E-state index in [2.05, 4.69) is 34.3 Å². The Balaban J connectivity index is 1.57. The van der Waals surface area contributed by atoms with Crippen LogP contribution in [0.2, 0.25) is 0 Å². The number of aromatic nitrogens is 2. The summed E-state index contributed by atoms with van der Waals surface area (Å²) in [5.41, 5.74) is 2.50. The molecule has 0 unspecified atom stereocenters. The maximum absolute atomic E-state index is 14.9. The molecule has 0 saturated carbocycles. The lowest BCUT2D eigenvalue weighted by Gasteiger charge is -2.39. The molecule has 7 nitrogen and oxygen atoms in total. The summed E-state index contributed by atoms with van der Waals surface area (Å²) < 4.78 is 14.9. The van der Waals surface area contributed by atoms with Gasteiger partial charge in [-0.25, -0.2) is 9.37 Å². The van der Waals surface area contributed by atoms with Crippen molar-refractivity contribution in [1.29, 1.82) is 0 Å². The van der Waals surface area contributed by atoms with Crippen molar-refractivity contribution >= 4 is 17.7 Å². The topological polar surface area (TPSA) is 73.4 Å². The average Bonchev–Trinajstić information content (AvgIpc) is 3.43. The van der Waals surface area contributed by atoms with Crippen LogP contribution in [0.5, 0.6) is 0 Å². The molecule has 1 atom stereocenters. The first-order valence-electron chi connectivity index (χ1n) is 12.5. The van der Waals surface area contributed by atoms with Crippen LogP contribution in [0.1, 0.15) is 38.7 Å². The number of nitrogens with zero attached hydrogens (tertiary/aromatic N) is 4.